The quantitative estimate of drug-likeness (QED) is 0.599. The van der Waals surface area contributed by atoms with Crippen LogP contribution >= 0.6 is 0 Å². The van der Waals surface area contributed by atoms with Crippen LogP contribution in [-0.2, 0) is 4.74 Å². The highest BCUT2D eigenvalue weighted by atomic mass is 16.5. The zero-order valence-electron chi connectivity index (χ0n) is 11.6. The van der Waals surface area contributed by atoms with E-state index < -0.39 is 0 Å². The van der Waals surface area contributed by atoms with E-state index in [4.69, 9.17) is 4.74 Å². The molecule has 0 radical (unpaired) electrons. The molecule has 1 nitrogen and oxygen atoms in total. The number of rotatable bonds is 7. The van der Waals surface area contributed by atoms with E-state index in [0.717, 1.165) is 18.4 Å². The third kappa shape index (κ3) is 11.9. The van der Waals surface area contributed by atoms with E-state index in [0.29, 0.717) is 0 Å². The molecule has 0 aromatic rings. The summed E-state index contributed by atoms with van der Waals surface area (Å²) < 4.78 is 5.73. The van der Waals surface area contributed by atoms with Crippen LogP contribution in [0, 0.1) is 11.8 Å². The minimum absolute atomic E-state index is 0.0254. The first-order valence-corrected chi connectivity index (χ1v) is 6.45. The van der Waals surface area contributed by atoms with E-state index in [1.165, 1.54) is 25.7 Å². The summed E-state index contributed by atoms with van der Waals surface area (Å²) >= 11 is 0. The highest BCUT2D eigenvalue weighted by Crippen LogP contribution is 2.16. The maximum atomic E-state index is 5.73. The van der Waals surface area contributed by atoms with E-state index >= 15 is 0 Å². The van der Waals surface area contributed by atoms with Crippen molar-refractivity contribution in [2.24, 2.45) is 11.8 Å². The summed E-state index contributed by atoms with van der Waals surface area (Å²) in [5.74, 6) is 1.66. The summed E-state index contributed by atoms with van der Waals surface area (Å²) in [5, 5.41) is 0. The largest absolute Gasteiger partial charge is 0.376 e. The first-order chi connectivity index (χ1) is 6.81. The van der Waals surface area contributed by atoms with E-state index in [-0.39, 0.29) is 5.60 Å². The molecule has 0 aromatic carbocycles. The summed E-state index contributed by atoms with van der Waals surface area (Å²) in [6.07, 6.45) is 5.29. The van der Waals surface area contributed by atoms with Crippen LogP contribution in [0.15, 0.2) is 0 Å². The zero-order chi connectivity index (χ0) is 11.9. The van der Waals surface area contributed by atoms with Crippen LogP contribution in [0.1, 0.15) is 67.2 Å². The lowest BCUT2D eigenvalue weighted by Crippen LogP contribution is -2.20. The minimum atomic E-state index is 0.0254. The third-order valence-electron chi connectivity index (χ3n) is 2.62. The van der Waals surface area contributed by atoms with E-state index in [2.05, 4.69) is 41.5 Å². The molecule has 92 valence electrons. The summed E-state index contributed by atoms with van der Waals surface area (Å²) in [4.78, 5) is 0. The van der Waals surface area contributed by atoms with Crippen LogP contribution in [0.5, 0.6) is 0 Å². The van der Waals surface area contributed by atoms with Crippen molar-refractivity contribution in [3.63, 3.8) is 0 Å². The van der Waals surface area contributed by atoms with Gasteiger partial charge in [-0.15, -0.1) is 0 Å². The van der Waals surface area contributed by atoms with Gasteiger partial charge in [-0.1, -0.05) is 40.0 Å². The van der Waals surface area contributed by atoms with E-state index in [9.17, 15) is 0 Å². The Labute approximate surface area is 96.6 Å². The lowest BCUT2D eigenvalue weighted by atomic mass is 9.97. The van der Waals surface area contributed by atoms with Crippen LogP contribution in [0.25, 0.3) is 0 Å². The first kappa shape index (κ1) is 15.0. The molecule has 1 heteroatoms. The second kappa shape index (κ2) is 7.27. The Morgan fingerprint density at radius 1 is 0.933 bits per heavy atom. The van der Waals surface area contributed by atoms with Crippen LogP contribution in [0.3, 0.4) is 0 Å². The van der Waals surface area contributed by atoms with E-state index in [1.54, 1.807) is 0 Å². The Kier molecular flexibility index (Phi) is 7.25. The average molecular weight is 214 g/mol. The van der Waals surface area contributed by atoms with E-state index in [1.807, 2.05) is 0 Å². The molecular formula is C14H30O. The Morgan fingerprint density at radius 3 is 2.00 bits per heavy atom. The Bertz CT molecular complexity index is 144. The number of hydrogen-bond donors (Lipinski definition) is 0. The van der Waals surface area contributed by atoms with Crippen LogP contribution in [0.4, 0.5) is 0 Å². The fraction of sp³-hybridized carbons (Fsp3) is 1.00. The molecule has 1 atom stereocenters. The first-order valence-electron chi connectivity index (χ1n) is 6.45. The number of ether oxygens (including phenoxy) is 1. The molecule has 0 fully saturated rings. The van der Waals surface area contributed by atoms with Gasteiger partial charge in [0.25, 0.3) is 0 Å². The Morgan fingerprint density at radius 2 is 1.53 bits per heavy atom. The van der Waals surface area contributed by atoms with Gasteiger partial charge in [0.1, 0.15) is 0 Å². The maximum Gasteiger partial charge on any atom is 0.0598 e. The minimum Gasteiger partial charge on any atom is -0.376 e. The third-order valence-corrected chi connectivity index (χ3v) is 2.62. The van der Waals surface area contributed by atoms with Gasteiger partial charge < -0.3 is 4.74 Å². The summed E-state index contributed by atoms with van der Waals surface area (Å²) in [6.45, 7) is 14.2. The van der Waals surface area contributed by atoms with Gasteiger partial charge in [0.15, 0.2) is 0 Å². The zero-order valence-corrected chi connectivity index (χ0v) is 11.6. The van der Waals surface area contributed by atoms with Crippen molar-refractivity contribution in [2.75, 3.05) is 6.61 Å². The highest BCUT2D eigenvalue weighted by Gasteiger charge is 2.10. The average Bonchev–Trinajstić information content (AvgIpc) is 2.00. The maximum absolute atomic E-state index is 5.73. The van der Waals surface area contributed by atoms with Gasteiger partial charge in [0.05, 0.1) is 5.60 Å². The molecule has 0 bridgehead atoms. The van der Waals surface area contributed by atoms with Gasteiger partial charge in [0.2, 0.25) is 0 Å². The van der Waals surface area contributed by atoms with Crippen LogP contribution < -0.4 is 0 Å². The van der Waals surface area contributed by atoms with Crippen LogP contribution in [0.2, 0.25) is 0 Å². The molecule has 15 heavy (non-hydrogen) atoms. The molecule has 0 saturated carbocycles. The van der Waals surface area contributed by atoms with Gasteiger partial charge in [0, 0.05) is 6.61 Å². The fourth-order valence-electron chi connectivity index (χ4n) is 1.59. The van der Waals surface area contributed by atoms with Crippen molar-refractivity contribution >= 4 is 0 Å². The summed E-state index contributed by atoms with van der Waals surface area (Å²) in [5.41, 5.74) is 0.0254. The normalized spacial score (nSPS) is 14.6. The van der Waals surface area contributed by atoms with Crippen molar-refractivity contribution in [3.8, 4) is 0 Å². The predicted molar refractivity (Wildman–Crippen MR) is 68.2 cm³/mol. The van der Waals surface area contributed by atoms with Gasteiger partial charge in [-0.3, -0.25) is 0 Å². The monoisotopic (exact) mass is 214 g/mol. The molecule has 1 unspecified atom stereocenters. The van der Waals surface area contributed by atoms with Gasteiger partial charge in [-0.25, -0.2) is 0 Å². The topological polar surface area (TPSA) is 9.23 Å². The molecule has 0 heterocycles. The van der Waals surface area contributed by atoms with Crippen molar-refractivity contribution < 1.29 is 4.74 Å². The molecule has 0 aliphatic rings. The summed E-state index contributed by atoms with van der Waals surface area (Å²) in [6, 6.07) is 0. The molecule has 0 N–H and O–H groups in total. The Balaban J connectivity index is 3.37. The molecule has 0 aromatic heterocycles. The van der Waals surface area contributed by atoms with Crippen LogP contribution in [-0.4, -0.2) is 12.2 Å². The molecule has 0 spiro atoms. The Hall–Kier alpha value is -0.0400. The molecule has 0 amide bonds. The second-order valence-corrected chi connectivity index (χ2v) is 6.18. The van der Waals surface area contributed by atoms with Gasteiger partial charge >= 0.3 is 0 Å². The fourth-order valence-corrected chi connectivity index (χ4v) is 1.59. The molecule has 0 saturated heterocycles. The van der Waals surface area contributed by atoms with Gasteiger partial charge in [-0.2, -0.15) is 0 Å². The molecule has 0 rings (SSSR count). The highest BCUT2D eigenvalue weighted by molar-refractivity contribution is 4.60. The van der Waals surface area contributed by atoms with Crippen molar-refractivity contribution in [1.82, 2.24) is 0 Å². The number of hydrogen-bond acceptors (Lipinski definition) is 1. The van der Waals surface area contributed by atoms with Crippen molar-refractivity contribution in [3.05, 3.63) is 0 Å². The lowest BCUT2D eigenvalue weighted by Gasteiger charge is -2.21. The second-order valence-electron chi connectivity index (χ2n) is 6.18. The van der Waals surface area contributed by atoms with Crippen molar-refractivity contribution in [2.45, 2.75) is 72.8 Å². The summed E-state index contributed by atoms with van der Waals surface area (Å²) in [7, 11) is 0. The smallest absolute Gasteiger partial charge is 0.0598 e. The standard InChI is InChI=1S/C14H30O/c1-12(2)8-7-9-13(3)10-11-15-14(4,5)6/h12-13H,7-11H2,1-6H3. The SMILES string of the molecule is CC(C)CCCC(C)CCOC(C)(C)C. The molecular weight excluding hydrogens is 184 g/mol. The molecule has 0 aliphatic heterocycles. The van der Waals surface area contributed by atoms with Crippen molar-refractivity contribution in [1.29, 1.82) is 0 Å². The molecule has 0 aliphatic carbocycles. The lowest BCUT2D eigenvalue weighted by molar-refractivity contribution is -0.00890. The van der Waals surface area contributed by atoms with Gasteiger partial charge in [-0.05, 0) is 39.0 Å². The predicted octanol–water partition coefficient (Wildman–Crippen LogP) is 4.65.